The van der Waals surface area contributed by atoms with E-state index in [9.17, 15) is 9.59 Å². The first-order valence-corrected chi connectivity index (χ1v) is 11.4. The molecule has 0 unspecified atom stereocenters. The fraction of sp³-hybridized carbons (Fsp3) is 0. The van der Waals surface area contributed by atoms with E-state index in [1.165, 1.54) is 39.8 Å². The number of carbonyl (C=O) groups excluding carboxylic acids is 1. The Hall–Kier alpha value is -4.22. The Labute approximate surface area is 195 Å². The lowest BCUT2D eigenvalue weighted by atomic mass is 10.1. The summed E-state index contributed by atoms with van der Waals surface area (Å²) < 4.78 is 0. The summed E-state index contributed by atoms with van der Waals surface area (Å²) in [5.41, 5.74) is 5.68. The lowest BCUT2D eigenvalue weighted by Crippen LogP contribution is -2.28. The van der Waals surface area contributed by atoms with Crippen LogP contribution in [0, 0.1) is 0 Å². The number of thiazole rings is 2. The highest BCUT2D eigenvalue weighted by atomic mass is 32.1. The molecule has 11 heteroatoms. The Balaban J connectivity index is 1.48. The van der Waals surface area contributed by atoms with Crippen molar-refractivity contribution in [3.8, 4) is 11.3 Å². The SMILES string of the molecule is O=C(O)c1ccc(-c2csc(N3N=C(c4ccccc4)C(=NNc4nccs4)C3=O)n2)cc1. The van der Waals surface area contributed by atoms with E-state index in [2.05, 4.69) is 25.6 Å². The molecule has 162 valence electrons. The number of hydrogen-bond acceptors (Lipinski definition) is 9. The van der Waals surface area contributed by atoms with Gasteiger partial charge in [-0.1, -0.05) is 42.5 Å². The van der Waals surface area contributed by atoms with Crippen molar-refractivity contribution in [3.05, 3.63) is 82.7 Å². The normalized spacial score (nSPS) is 14.5. The average Bonchev–Trinajstić information content (AvgIpc) is 3.59. The fourth-order valence-corrected chi connectivity index (χ4v) is 4.33. The van der Waals surface area contributed by atoms with Gasteiger partial charge in [-0.15, -0.1) is 22.7 Å². The number of benzene rings is 2. The zero-order valence-electron chi connectivity index (χ0n) is 16.7. The van der Waals surface area contributed by atoms with E-state index in [0.29, 0.717) is 21.7 Å². The molecule has 0 radical (unpaired) electrons. The minimum Gasteiger partial charge on any atom is -0.478 e. The summed E-state index contributed by atoms with van der Waals surface area (Å²) in [6.07, 6.45) is 1.64. The van der Waals surface area contributed by atoms with Crippen LogP contribution < -0.4 is 10.4 Å². The molecule has 33 heavy (non-hydrogen) atoms. The smallest absolute Gasteiger partial charge is 0.335 e. The maximum absolute atomic E-state index is 13.2. The number of hydrazone groups is 2. The summed E-state index contributed by atoms with van der Waals surface area (Å²) in [4.78, 5) is 33.0. The minimum atomic E-state index is -0.996. The van der Waals surface area contributed by atoms with Crippen molar-refractivity contribution in [1.82, 2.24) is 9.97 Å². The molecule has 1 aliphatic rings. The summed E-state index contributed by atoms with van der Waals surface area (Å²) in [5.74, 6) is -1.41. The van der Waals surface area contributed by atoms with E-state index in [1.807, 2.05) is 30.3 Å². The van der Waals surface area contributed by atoms with Gasteiger partial charge < -0.3 is 5.11 Å². The van der Waals surface area contributed by atoms with Crippen LogP contribution in [0.15, 0.2) is 81.8 Å². The summed E-state index contributed by atoms with van der Waals surface area (Å²) in [5, 5.41) is 23.6. The van der Waals surface area contributed by atoms with Gasteiger partial charge in [0.05, 0.1) is 11.3 Å². The molecule has 3 heterocycles. The molecule has 0 saturated heterocycles. The third-order valence-corrected chi connectivity index (χ3v) is 6.16. The molecule has 9 nitrogen and oxygen atoms in total. The van der Waals surface area contributed by atoms with Crippen molar-refractivity contribution in [2.75, 3.05) is 10.4 Å². The zero-order chi connectivity index (χ0) is 22.8. The predicted octanol–water partition coefficient (Wildman–Crippen LogP) is 4.18. The maximum atomic E-state index is 13.2. The van der Waals surface area contributed by atoms with Crippen LogP contribution in [-0.4, -0.2) is 38.4 Å². The first-order chi connectivity index (χ1) is 16.1. The second-order valence-electron chi connectivity index (χ2n) is 6.74. The van der Waals surface area contributed by atoms with E-state index >= 15 is 0 Å². The van der Waals surface area contributed by atoms with Crippen molar-refractivity contribution < 1.29 is 14.7 Å². The van der Waals surface area contributed by atoms with Gasteiger partial charge in [0.2, 0.25) is 10.3 Å². The van der Waals surface area contributed by atoms with Crippen molar-refractivity contribution >= 4 is 56.2 Å². The molecule has 0 atom stereocenters. The monoisotopic (exact) mass is 474 g/mol. The first kappa shape index (κ1) is 20.7. The van der Waals surface area contributed by atoms with Crippen LogP contribution in [0.2, 0.25) is 0 Å². The standard InChI is InChI=1S/C22H14N6O3S2/c29-19-18(25-26-21-23-10-11-32-21)17(14-4-2-1-3-5-14)27-28(19)22-24-16(12-33-22)13-6-8-15(9-7-13)20(30)31/h1-12H,(H,23,26)(H,30,31). The number of rotatable bonds is 6. The van der Waals surface area contributed by atoms with Crippen molar-refractivity contribution in [3.63, 3.8) is 0 Å². The topological polar surface area (TPSA) is 120 Å². The number of carboxylic acid groups (broad SMARTS) is 1. The molecule has 0 saturated carbocycles. The average molecular weight is 475 g/mol. The largest absolute Gasteiger partial charge is 0.478 e. The van der Waals surface area contributed by atoms with Crippen LogP contribution in [0.5, 0.6) is 0 Å². The molecule has 2 N–H and O–H groups in total. The summed E-state index contributed by atoms with van der Waals surface area (Å²) in [6, 6.07) is 15.7. The highest BCUT2D eigenvalue weighted by molar-refractivity contribution is 7.14. The highest BCUT2D eigenvalue weighted by Crippen LogP contribution is 2.30. The fourth-order valence-electron chi connectivity index (χ4n) is 3.08. The summed E-state index contributed by atoms with van der Waals surface area (Å²) >= 11 is 2.62. The van der Waals surface area contributed by atoms with Gasteiger partial charge in [-0.05, 0) is 12.1 Å². The molecule has 0 aliphatic carbocycles. The van der Waals surface area contributed by atoms with Crippen molar-refractivity contribution in [2.24, 2.45) is 10.2 Å². The predicted molar refractivity (Wildman–Crippen MR) is 128 cm³/mol. The molecule has 0 spiro atoms. The third-order valence-electron chi connectivity index (χ3n) is 4.66. The quantitative estimate of drug-likeness (QED) is 0.405. The first-order valence-electron chi connectivity index (χ1n) is 9.61. The van der Waals surface area contributed by atoms with E-state index < -0.39 is 11.9 Å². The summed E-state index contributed by atoms with van der Waals surface area (Å²) in [6.45, 7) is 0. The van der Waals surface area contributed by atoms with Crippen LogP contribution in [0.4, 0.5) is 10.3 Å². The van der Waals surface area contributed by atoms with Crippen LogP contribution in [0.1, 0.15) is 15.9 Å². The number of aromatic nitrogens is 2. The minimum absolute atomic E-state index is 0.152. The maximum Gasteiger partial charge on any atom is 0.335 e. The van der Waals surface area contributed by atoms with E-state index in [4.69, 9.17) is 5.11 Å². The van der Waals surface area contributed by atoms with Gasteiger partial charge in [-0.3, -0.25) is 10.2 Å². The number of aromatic carboxylic acids is 1. The molecule has 1 aliphatic heterocycles. The van der Waals surface area contributed by atoms with Crippen LogP contribution in [0.3, 0.4) is 0 Å². The van der Waals surface area contributed by atoms with Gasteiger partial charge in [0.25, 0.3) is 0 Å². The molecular weight excluding hydrogens is 460 g/mol. The molecule has 2 aromatic carbocycles. The molecule has 5 rings (SSSR count). The van der Waals surface area contributed by atoms with E-state index in [-0.39, 0.29) is 11.3 Å². The van der Waals surface area contributed by atoms with Gasteiger partial charge in [0.15, 0.2) is 5.71 Å². The second-order valence-corrected chi connectivity index (χ2v) is 8.47. The second kappa shape index (κ2) is 8.73. The number of carbonyl (C=O) groups is 2. The number of amides is 1. The van der Waals surface area contributed by atoms with Gasteiger partial charge in [0, 0.05) is 28.1 Å². The lowest BCUT2D eigenvalue weighted by molar-refractivity contribution is -0.112. The Morgan fingerprint density at radius 2 is 1.82 bits per heavy atom. The number of nitrogens with one attached hydrogen (secondary N) is 1. The Kier molecular flexibility index (Phi) is 5.47. The highest BCUT2D eigenvalue weighted by Gasteiger charge is 2.35. The number of carboxylic acids is 1. The molecule has 2 aromatic heterocycles. The zero-order valence-corrected chi connectivity index (χ0v) is 18.4. The number of nitrogens with zero attached hydrogens (tertiary/aromatic N) is 5. The van der Waals surface area contributed by atoms with Crippen LogP contribution >= 0.6 is 22.7 Å². The molecule has 0 fully saturated rings. The van der Waals surface area contributed by atoms with E-state index in [0.717, 1.165) is 11.1 Å². The van der Waals surface area contributed by atoms with Gasteiger partial charge in [-0.25, -0.2) is 14.8 Å². The third kappa shape index (κ3) is 4.14. The van der Waals surface area contributed by atoms with Crippen molar-refractivity contribution in [2.45, 2.75) is 0 Å². The summed E-state index contributed by atoms with van der Waals surface area (Å²) in [7, 11) is 0. The lowest BCUT2D eigenvalue weighted by Gasteiger charge is -2.06. The molecule has 4 aromatic rings. The van der Waals surface area contributed by atoms with Gasteiger partial charge in [0.1, 0.15) is 5.71 Å². The molecular formula is C22H14N6O3S2. The van der Waals surface area contributed by atoms with Crippen molar-refractivity contribution in [1.29, 1.82) is 0 Å². The van der Waals surface area contributed by atoms with Crippen LogP contribution in [0.25, 0.3) is 11.3 Å². The van der Waals surface area contributed by atoms with Gasteiger partial charge >= 0.3 is 11.9 Å². The Morgan fingerprint density at radius 3 is 2.52 bits per heavy atom. The number of hydrogen-bond donors (Lipinski definition) is 2. The molecule has 0 bridgehead atoms. The van der Waals surface area contributed by atoms with Gasteiger partial charge in [-0.2, -0.15) is 15.2 Å². The Morgan fingerprint density at radius 1 is 1.03 bits per heavy atom. The van der Waals surface area contributed by atoms with E-state index in [1.54, 1.807) is 29.1 Å². The number of anilines is 2. The Bertz CT molecular complexity index is 1380. The van der Waals surface area contributed by atoms with Crippen LogP contribution in [-0.2, 0) is 4.79 Å². The molecule has 1 amide bonds.